The van der Waals surface area contributed by atoms with Gasteiger partial charge < -0.3 is 0 Å². The second kappa shape index (κ2) is 6.05. The molecule has 0 heterocycles. The van der Waals surface area contributed by atoms with Gasteiger partial charge in [-0.25, -0.2) is 0 Å². The number of allylic oxidation sites excluding steroid dienone is 2. The Balaban J connectivity index is 3.83. The molecule has 0 amide bonds. The normalized spacial score (nSPS) is 12.6. The van der Waals surface area contributed by atoms with Crippen molar-refractivity contribution in [3.8, 4) is 0 Å². The molecule has 0 heteroatoms. The molecule has 0 rings (SSSR count). The summed E-state index contributed by atoms with van der Waals surface area (Å²) in [6.45, 7) is 14.5. The molecule has 0 aromatic heterocycles. The van der Waals surface area contributed by atoms with Crippen molar-refractivity contribution >= 4 is 0 Å². The molecule has 12 heavy (non-hydrogen) atoms. The lowest BCUT2D eigenvalue weighted by Crippen LogP contribution is -2.01. The molecule has 1 unspecified atom stereocenters. The lowest BCUT2D eigenvalue weighted by atomic mass is 9.90. The van der Waals surface area contributed by atoms with Gasteiger partial charge in [0.05, 0.1) is 0 Å². The van der Waals surface area contributed by atoms with Crippen LogP contribution in [-0.4, -0.2) is 0 Å². The SMILES string of the molecule is C=C(C)CCC(CC)C(=C)CC. The van der Waals surface area contributed by atoms with E-state index in [0.717, 1.165) is 12.8 Å². The van der Waals surface area contributed by atoms with E-state index in [4.69, 9.17) is 0 Å². The molecular weight excluding hydrogens is 144 g/mol. The highest BCUT2D eigenvalue weighted by molar-refractivity contribution is 5.01. The predicted octanol–water partition coefficient (Wildman–Crippen LogP) is 4.34. The van der Waals surface area contributed by atoms with Crippen molar-refractivity contribution in [3.63, 3.8) is 0 Å². The van der Waals surface area contributed by atoms with E-state index in [2.05, 4.69) is 33.9 Å². The van der Waals surface area contributed by atoms with Crippen LogP contribution in [0.1, 0.15) is 46.5 Å². The van der Waals surface area contributed by atoms with Gasteiger partial charge in [-0.15, -0.1) is 6.58 Å². The monoisotopic (exact) mass is 166 g/mol. The third-order valence-corrected chi connectivity index (χ3v) is 2.44. The Morgan fingerprint density at radius 1 is 1.25 bits per heavy atom. The Labute approximate surface area is 77.4 Å². The minimum absolute atomic E-state index is 0.715. The molecule has 70 valence electrons. The van der Waals surface area contributed by atoms with Crippen LogP contribution >= 0.6 is 0 Å². The van der Waals surface area contributed by atoms with Gasteiger partial charge in [0.25, 0.3) is 0 Å². The zero-order valence-electron chi connectivity index (χ0n) is 8.82. The summed E-state index contributed by atoms with van der Waals surface area (Å²) < 4.78 is 0. The molecule has 0 aliphatic carbocycles. The van der Waals surface area contributed by atoms with Gasteiger partial charge in [0, 0.05) is 0 Å². The first-order chi connectivity index (χ1) is 5.61. The van der Waals surface area contributed by atoms with Crippen LogP contribution in [0.25, 0.3) is 0 Å². The van der Waals surface area contributed by atoms with E-state index in [0.29, 0.717) is 5.92 Å². The van der Waals surface area contributed by atoms with Gasteiger partial charge in [-0.2, -0.15) is 0 Å². The molecule has 1 atom stereocenters. The van der Waals surface area contributed by atoms with Crippen LogP contribution < -0.4 is 0 Å². The third-order valence-electron chi connectivity index (χ3n) is 2.44. The summed E-state index contributed by atoms with van der Waals surface area (Å²) in [5, 5.41) is 0. The minimum atomic E-state index is 0.715. The van der Waals surface area contributed by atoms with E-state index in [9.17, 15) is 0 Å². The third kappa shape index (κ3) is 4.38. The largest absolute Gasteiger partial charge is 0.100 e. The molecule has 0 N–H and O–H groups in total. The highest BCUT2D eigenvalue weighted by Crippen LogP contribution is 2.23. The standard InChI is InChI=1S/C12H22/c1-6-11(5)12(7-2)9-8-10(3)4/h12H,3,5-9H2,1-2,4H3. The van der Waals surface area contributed by atoms with E-state index in [1.54, 1.807) is 0 Å². The van der Waals surface area contributed by atoms with Crippen LogP contribution in [0, 0.1) is 5.92 Å². The highest BCUT2D eigenvalue weighted by Gasteiger charge is 2.07. The molecule has 0 aromatic carbocycles. The summed E-state index contributed by atoms with van der Waals surface area (Å²) in [6, 6.07) is 0. The first kappa shape index (κ1) is 11.5. The van der Waals surface area contributed by atoms with Gasteiger partial charge in [0.15, 0.2) is 0 Å². The quantitative estimate of drug-likeness (QED) is 0.515. The number of rotatable bonds is 6. The average Bonchev–Trinajstić information content (AvgIpc) is 2.04. The maximum Gasteiger partial charge on any atom is -0.0206 e. The van der Waals surface area contributed by atoms with E-state index in [1.807, 2.05) is 0 Å². The summed E-state index contributed by atoms with van der Waals surface area (Å²) in [5.74, 6) is 0.715. The molecule has 0 aliphatic rings. The van der Waals surface area contributed by atoms with Gasteiger partial charge >= 0.3 is 0 Å². The molecule has 0 radical (unpaired) electrons. The maximum atomic E-state index is 4.09. The van der Waals surface area contributed by atoms with Crippen LogP contribution in [0.5, 0.6) is 0 Å². The average molecular weight is 166 g/mol. The van der Waals surface area contributed by atoms with Crippen molar-refractivity contribution in [3.05, 3.63) is 24.3 Å². The second-order valence-electron chi connectivity index (χ2n) is 3.61. The fourth-order valence-electron chi connectivity index (χ4n) is 1.41. The van der Waals surface area contributed by atoms with Crippen molar-refractivity contribution < 1.29 is 0 Å². The molecule has 0 bridgehead atoms. The Morgan fingerprint density at radius 3 is 2.17 bits per heavy atom. The van der Waals surface area contributed by atoms with E-state index in [1.165, 1.54) is 24.0 Å². The van der Waals surface area contributed by atoms with Crippen molar-refractivity contribution in [2.75, 3.05) is 0 Å². The molecule has 0 nitrogen and oxygen atoms in total. The van der Waals surface area contributed by atoms with Gasteiger partial charge in [-0.1, -0.05) is 31.6 Å². The summed E-state index contributed by atoms with van der Waals surface area (Å²) >= 11 is 0. The topological polar surface area (TPSA) is 0 Å². The van der Waals surface area contributed by atoms with Crippen LogP contribution in [0.3, 0.4) is 0 Å². The molecule has 0 fully saturated rings. The molecular formula is C12H22. The van der Waals surface area contributed by atoms with Crippen molar-refractivity contribution in [1.82, 2.24) is 0 Å². The number of hydrogen-bond donors (Lipinski definition) is 0. The molecule has 0 saturated heterocycles. The Morgan fingerprint density at radius 2 is 1.83 bits per heavy atom. The Bertz CT molecular complexity index is 153. The minimum Gasteiger partial charge on any atom is -0.100 e. The summed E-state index contributed by atoms with van der Waals surface area (Å²) in [7, 11) is 0. The molecule has 0 aliphatic heterocycles. The van der Waals surface area contributed by atoms with E-state index < -0.39 is 0 Å². The fourth-order valence-corrected chi connectivity index (χ4v) is 1.41. The first-order valence-electron chi connectivity index (χ1n) is 4.93. The highest BCUT2D eigenvalue weighted by atomic mass is 14.1. The summed E-state index contributed by atoms with van der Waals surface area (Å²) in [4.78, 5) is 0. The predicted molar refractivity (Wildman–Crippen MR) is 57.3 cm³/mol. The van der Waals surface area contributed by atoms with Gasteiger partial charge in [0.2, 0.25) is 0 Å². The lowest BCUT2D eigenvalue weighted by molar-refractivity contribution is 0.530. The van der Waals surface area contributed by atoms with Crippen LogP contribution in [-0.2, 0) is 0 Å². The first-order valence-corrected chi connectivity index (χ1v) is 4.93. The lowest BCUT2D eigenvalue weighted by Gasteiger charge is -2.16. The van der Waals surface area contributed by atoms with Gasteiger partial charge in [-0.05, 0) is 38.5 Å². The fraction of sp³-hybridized carbons (Fsp3) is 0.667. The second-order valence-corrected chi connectivity index (χ2v) is 3.61. The van der Waals surface area contributed by atoms with Crippen molar-refractivity contribution in [1.29, 1.82) is 0 Å². The van der Waals surface area contributed by atoms with Crippen LogP contribution in [0.2, 0.25) is 0 Å². The van der Waals surface area contributed by atoms with E-state index in [-0.39, 0.29) is 0 Å². The van der Waals surface area contributed by atoms with Crippen molar-refractivity contribution in [2.24, 2.45) is 5.92 Å². The summed E-state index contributed by atoms with van der Waals surface area (Å²) in [6.07, 6.45) is 4.73. The molecule has 0 spiro atoms. The van der Waals surface area contributed by atoms with Crippen LogP contribution in [0.15, 0.2) is 24.3 Å². The van der Waals surface area contributed by atoms with E-state index >= 15 is 0 Å². The summed E-state index contributed by atoms with van der Waals surface area (Å²) in [5.41, 5.74) is 2.69. The van der Waals surface area contributed by atoms with Gasteiger partial charge in [0.1, 0.15) is 0 Å². The van der Waals surface area contributed by atoms with Crippen LogP contribution in [0.4, 0.5) is 0 Å². The van der Waals surface area contributed by atoms with Crippen molar-refractivity contribution in [2.45, 2.75) is 46.5 Å². The Hall–Kier alpha value is -0.520. The molecule has 0 saturated carbocycles. The Kier molecular flexibility index (Phi) is 5.79. The zero-order chi connectivity index (χ0) is 9.56. The number of hydrogen-bond acceptors (Lipinski definition) is 0. The van der Waals surface area contributed by atoms with Gasteiger partial charge in [-0.3, -0.25) is 0 Å². The zero-order valence-corrected chi connectivity index (χ0v) is 8.82. The smallest absolute Gasteiger partial charge is 0.0206 e. The maximum absolute atomic E-state index is 4.09. The molecule has 0 aromatic rings.